The second kappa shape index (κ2) is 8.70. The molecule has 0 unspecified atom stereocenters. The number of anilines is 2. The molecule has 0 bridgehead atoms. The van der Waals surface area contributed by atoms with Gasteiger partial charge >= 0.3 is 0 Å². The number of aryl methyl sites for hydroxylation is 1. The first-order valence-corrected chi connectivity index (χ1v) is 10.9. The Morgan fingerprint density at radius 2 is 1.91 bits per heavy atom. The number of fused-ring (bicyclic) bond motifs is 1. The highest BCUT2D eigenvalue weighted by Gasteiger charge is 2.30. The molecule has 2 aromatic heterocycles. The van der Waals surface area contributed by atoms with Crippen LogP contribution in [0.2, 0.25) is 0 Å². The molecular formula is C25H26N5O2+. The number of rotatable bonds is 5. The van der Waals surface area contributed by atoms with Crippen LogP contribution in [0.4, 0.5) is 11.5 Å². The molecule has 4 aromatic rings. The summed E-state index contributed by atoms with van der Waals surface area (Å²) < 4.78 is 5.88. The van der Waals surface area contributed by atoms with Gasteiger partial charge in [0.05, 0.1) is 13.1 Å². The number of piperidine rings is 1. The van der Waals surface area contributed by atoms with Gasteiger partial charge in [0.15, 0.2) is 0 Å². The second-order valence-electron chi connectivity index (χ2n) is 8.14. The number of hydrogen-bond donors (Lipinski definition) is 2. The average Bonchev–Trinajstić information content (AvgIpc) is 3.21. The summed E-state index contributed by atoms with van der Waals surface area (Å²) in [5, 5.41) is 4.18. The van der Waals surface area contributed by atoms with Crippen molar-refractivity contribution in [2.45, 2.75) is 19.8 Å². The number of carbonyl (C=O) groups is 1. The van der Waals surface area contributed by atoms with E-state index in [4.69, 9.17) is 4.74 Å². The van der Waals surface area contributed by atoms with Crippen LogP contribution in [0.25, 0.3) is 11.0 Å². The molecule has 5 rings (SSSR count). The lowest BCUT2D eigenvalue weighted by Gasteiger charge is -2.28. The van der Waals surface area contributed by atoms with Crippen molar-refractivity contribution in [3.63, 3.8) is 0 Å². The van der Waals surface area contributed by atoms with Crippen molar-refractivity contribution in [2.75, 3.05) is 23.3 Å². The van der Waals surface area contributed by atoms with Crippen LogP contribution in [0.15, 0.2) is 67.1 Å². The fourth-order valence-corrected chi connectivity index (χ4v) is 4.26. The molecule has 1 fully saturated rings. The minimum Gasteiger partial charge on any atom is -0.457 e. The first-order chi connectivity index (χ1) is 15.7. The SMILES string of the molecule is Cc1c[nH]c2nc[nH+]c(N3CCC(C(=O)Nc4cccc(Oc5ccccc5)c4)CC3)c12. The van der Waals surface area contributed by atoms with Crippen molar-refractivity contribution in [2.24, 2.45) is 5.92 Å². The van der Waals surface area contributed by atoms with E-state index in [1.807, 2.05) is 60.8 Å². The van der Waals surface area contributed by atoms with Crippen LogP contribution in [0.5, 0.6) is 11.5 Å². The summed E-state index contributed by atoms with van der Waals surface area (Å²) in [6, 6.07) is 17.1. The van der Waals surface area contributed by atoms with Crippen LogP contribution >= 0.6 is 0 Å². The second-order valence-corrected chi connectivity index (χ2v) is 8.14. The number of amides is 1. The highest BCUT2D eigenvalue weighted by Crippen LogP contribution is 2.29. The Morgan fingerprint density at radius 1 is 1.12 bits per heavy atom. The lowest BCUT2D eigenvalue weighted by molar-refractivity contribution is -0.367. The van der Waals surface area contributed by atoms with Gasteiger partial charge in [0.2, 0.25) is 23.7 Å². The number of H-pyrrole nitrogens is 2. The van der Waals surface area contributed by atoms with Crippen molar-refractivity contribution in [3.05, 3.63) is 72.7 Å². The molecule has 1 aliphatic rings. The van der Waals surface area contributed by atoms with Gasteiger partial charge in [-0.25, -0.2) is 4.98 Å². The summed E-state index contributed by atoms with van der Waals surface area (Å²) in [6.45, 7) is 3.71. The zero-order chi connectivity index (χ0) is 21.9. The third kappa shape index (κ3) is 4.14. The highest BCUT2D eigenvalue weighted by atomic mass is 16.5. The molecule has 162 valence electrons. The van der Waals surface area contributed by atoms with Gasteiger partial charge in [-0.05, 0) is 49.6 Å². The molecule has 0 radical (unpaired) electrons. The zero-order valence-electron chi connectivity index (χ0n) is 18.0. The molecule has 1 saturated heterocycles. The normalized spacial score (nSPS) is 14.5. The van der Waals surface area contributed by atoms with Gasteiger partial charge in [-0.15, -0.1) is 0 Å². The molecule has 0 aliphatic carbocycles. The molecule has 0 spiro atoms. The number of aromatic amines is 2. The maximum absolute atomic E-state index is 12.9. The Kier molecular flexibility index (Phi) is 5.46. The van der Waals surface area contributed by atoms with E-state index >= 15 is 0 Å². The van der Waals surface area contributed by atoms with E-state index in [0.29, 0.717) is 5.75 Å². The Morgan fingerprint density at radius 3 is 2.72 bits per heavy atom. The summed E-state index contributed by atoms with van der Waals surface area (Å²) in [7, 11) is 0. The van der Waals surface area contributed by atoms with Gasteiger partial charge in [-0.1, -0.05) is 29.2 Å². The van der Waals surface area contributed by atoms with Gasteiger partial charge in [0.25, 0.3) is 0 Å². The van der Waals surface area contributed by atoms with Gasteiger partial charge in [0.1, 0.15) is 16.9 Å². The average molecular weight is 429 g/mol. The molecule has 7 heteroatoms. The Bertz CT molecular complexity index is 1230. The third-order valence-electron chi connectivity index (χ3n) is 5.95. The van der Waals surface area contributed by atoms with Crippen LogP contribution in [0.1, 0.15) is 18.4 Å². The van der Waals surface area contributed by atoms with Crippen molar-refractivity contribution in [1.29, 1.82) is 0 Å². The molecule has 32 heavy (non-hydrogen) atoms. The van der Waals surface area contributed by atoms with Crippen molar-refractivity contribution in [3.8, 4) is 11.5 Å². The molecular weight excluding hydrogens is 402 g/mol. The predicted octanol–water partition coefficient (Wildman–Crippen LogP) is 4.33. The van der Waals surface area contributed by atoms with Crippen LogP contribution in [-0.2, 0) is 4.79 Å². The smallest absolute Gasteiger partial charge is 0.234 e. The van der Waals surface area contributed by atoms with Gasteiger partial charge in [0, 0.05) is 23.9 Å². The molecule has 2 aromatic carbocycles. The maximum atomic E-state index is 12.9. The minimum atomic E-state index is -0.0189. The van der Waals surface area contributed by atoms with Crippen LogP contribution in [0, 0.1) is 12.8 Å². The topological polar surface area (TPSA) is 84.4 Å². The minimum absolute atomic E-state index is 0.0189. The summed E-state index contributed by atoms with van der Waals surface area (Å²) >= 11 is 0. The van der Waals surface area contributed by atoms with E-state index in [1.54, 1.807) is 6.33 Å². The predicted molar refractivity (Wildman–Crippen MR) is 124 cm³/mol. The van der Waals surface area contributed by atoms with E-state index in [-0.39, 0.29) is 11.8 Å². The van der Waals surface area contributed by atoms with Crippen LogP contribution in [-0.4, -0.2) is 29.0 Å². The van der Waals surface area contributed by atoms with Crippen molar-refractivity contribution >= 4 is 28.4 Å². The number of benzene rings is 2. The molecule has 1 amide bonds. The molecule has 7 nitrogen and oxygen atoms in total. The maximum Gasteiger partial charge on any atom is 0.234 e. The van der Waals surface area contributed by atoms with E-state index in [1.165, 1.54) is 0 Å². The van der Waals surface area contributed by atoms with E-state index in [2.05, 4.69) is 32.1 Å². The van der Waals surface area contributed by atoms with E-state index in [9.17, 15) is 4.79 Å². The largest absolute Gasteiger partial charge is 0.457 e. The Balaban J connectivity index is 1.21. The quantitative estimate of drug-likeness (QED) is 0.495. The first-order valence-electron chi connectivity index (χ1n) is 10.9. The first kappa shape index (κ1) is 20.1. The standard InChI is InChI=1S/C25H25N5O2/c1-17-15-26-23-22(17)24(28-16-27-23)30-12-10-18(11-13-30)25(31)29-19-6-5-9-21(14-19)32-20-7-3-2-4-8-20/h2-9,14-16,18H,10-13H2,1H3,(H,29,31)(H,26,27,28)/p+1. The van der Waals surface area contributed by atoms with Gasteiger partial charge in [-0.2, -0.15) is 0 Å². The Labute approximate surface area is 186 Å². The van der Waals surface area contributed by atoms with Gasteiger partial charge in [-0.3, -0.25) is 9.69 Å². The van der Waals surface area contributed by atoms with E-state index in [0.717, 1.165) is 59.8 Å². The third-order valence-corrected chi connectivity index (χ3v) is 5.95. The Hall–Kier alpha value is -3.87. The fraction of sp³-hybridized carbons (Fsp3) is 0.240. The number of ether oxygens (including phenoxy) is 1. The number of hydrogen-bond acceptors (Lipinski definition) is 4. The monoisotopic (exact) mass is 428 g/mol. The van der Waals surface area contributed by atoms with Crippen LogP contribution < -0.4 is 19.9 Å². The summed E-state index contributed by atoms with van der Waals surface area (Å²) in [6.07, 6.45) is 5.29. The highest BCUT2D eigenvalue weighted by molar-refractivity contribution is 5.93. The molecule has 0 atom stereocenters. The molecule has 3 N–H and O–H groups in total. The number of nitrogens with one attached hydrogen (secondary N) is 3. The number of para-hydroxylation sites is 1. The molecule has 0 saturated carbocycles. The lowest BCUT2D eigenvalue weighted by Crippen LogP contribution is -2.40. The van der Waals surface area contributed by atoms with Crippen molar-refractivity contribution in [1.82, 2.24) is 9.97 Å². The lowest BCUT2D eigenvalue weighted by atomic mass is 9.95. The summed E-state index contributed by atoms with van der Waals surface area (Å²) in [5.74, 6) is 2.57. The summed E-state index contributed by atoms with van der Waals surface area (Å²) in [4.78, 5) is 26.1. The molecule has 1 aliphatic heterocycles. The van der Waals surface area contributed by atoms with Crippen molar-refractivity contribution < 1.29 is 14.5 Å². The number of aromatic nitrogens is 3. The molecule has 3 heterocycles. The van der Waals surface area contributed by atoms with E-state index < -0.39 is 0 Å². The zero-order valence-corrected chi connectivity index (χ0v) is 18.0. The van der Waals surface area contributed by atoms with Crippen LogP contribution in [0.3, 0.4) is 0 Å². The fourth-order valence-electron chi connectivity index (χ4n) is 4.26. The summed E-state index contributed by atoms with van der Waals surface area (Å²) in [5.41, 5.74) is 2.79. The van der Waals surface area contributed by atoms with Gasteiger partial charge < -0.3 is 15.0 Å². The number of nitrogens with zero attached hydrogens (tertiary/aromatic N) is 2. The number of carbonyl (C=O) groups excluding carboxylic acids is 1.